The van der Waals surface area contributed by atoms with Gasteiger partial charge >= 0.3 is 19.4 Å². The molecule has 1 saturated heterocycles. The Kier molecular flexibility index (Phi) is 8.73. The number of nitrogens with zero attached hydrogens (tertiary/aromatic N) is 1. The van der Waals surface area contributed by atoms with Crippen LogP contribution in [0.1, 0.15) is 27.0 Å². The summed E-state index contributed by atoms with van der Waals surface area (Å²) in [5.74, 6) is 1.29. The van der Waals surface area contributed by atoms with E-state index in [1.165, 1.54) is 12.1 Å². The van der Waals surface area contributed by atoms with Crippen LogP contribution in [-0.2, 0) is 23.4 Å². The van der Waals surface area contributed by atoms with Crippen LogP contribution in [0.4, 0.5) is 4.39 Å². The first-order valence-corrected chi connectivity index (χ1v) is 12.7. The van der Waals surface area contributed by atoms with Gasteiger partial charge in [-0.05, 0) is 32.9 Å². The highest BCUT2D eigenvalue weighted by atomic mass is 31.2. The van der Waals surface area contributed by atoms with Crippen LogP contribution >= 0.6 is 7.75 Å². The van der Waals surface area contributed by atoms with Gasteiger partial charge < -0.3 is 19.1 Å². The van der Waals surface area contributed by atoms with Crippen molar-refractivity contribution in [3.8, 4) is 18.1 Å². The van der Waals surface area contributed by atoms with Gasteiger partial charge in [0.2, 0.25) is 0 Å². The first-order chi connectivity index (χ1) is 17.4. The first-order valence-electron chi connectivity index (χ1n) is 11.1. The van der Waals surface area contributed by atoms with Crippen molar-refractivity contribution in [2.75, 3.05) is 6.61 Å². The van der Waals surface area contributed by atoms with Gasteiger partial charge in [0.05, 0.1) is 12.7 Å². The molecular formula is C23H27FN3O9P. The summed E-state index contributed by atoms with van der Waals surface area (Å²) >= 11 is 0. The zero-order valence-electron chi connectivity index (χ0n) is 20.2. The third kappa shape index (κ3) is 6.74. The number of aromatic amines is 1. The van der Waals surface area contributed by atoms with Crippen molar-refractivity contribution in [3.63, 3.8) is 0 Å². The zero-order chi connectivity index (χ0) is 27.4. The highest BCUT2D eigenvalue weighted by Crippen LogP contribution is 2.47. The topological polar surface area (TPSA) is 158 Å². The smallest absolute Gasteiger partial charge is 0.460 e. The molecule has 0 amide bonds. The van der Waals surface area contributed by atoms with Crippen LogP contribution in [0.5, 0.6) is 5.75 Å². The Morgan fingerprint density at radius 2 is 2.03 bits per heavy atom. The molecule has 3 rings (SSSR count). The number of benzene rings is 1. The summed E-state index contributed by atoms with van der Waals surface area (Å²) in [5, 5.41) is 12.9. The van der Waals surface area contributed by atoms with E-state index in [1.54, 1.807) is 32.0 Å². The van der Waals surface area contributed by atoms with Crippen molar-refractivity contribution in [1.29, 1.82) is 0 Å². The second-order valence-electron chi connectivity index (χ2n) is 8.55. The number of hydrogen-bond acceptors (Lipinski definition) is 9. The molecule has 0 aliphatic carbocycles. The third-order valence-corrected chi connectivity index (χ3v) is 6.75. The number of ether oxygens (including phenoxy) is 2. The van der Waals surface area contributed by atoms with Crippen molar-refractivity contribution in [2.24, 2.45) is 0 Å². The highest BCUT2D eigenvalue weighted by Gasteiger charge is 2.56. The number of carbonyl (C=O) groups excluding carboxylic acids is 1. The molecule has 14 heteroatoms. The number of esters is 1. The molecule has 0 radical (unpaired) electrons. The highest BCUT2D eigenvalue weighted by molar-refractivity contribution is 7.52. The molecule has 1 unspecified atom stereocenters. The van der Waals surface area contributed by atoms with Gasteiger partial charge in [0.15, 0.2) is 17.9 Å². The van der Waals surface area contributed by atoms with Crippen LogP contribution in [0.25, 0.3) is 0 Å². The van der Waals surface area contributed by atoms with Crippen LogP contribution in [0, 0.1) is 12.3 Å². The molecule has 200 valence electrons. The summed E-state index contributed by atoms with van der Waals surface area (Å²) in [6, 6.07) is 7.25. The van der Waals surface area contributed by atoms with Crippen molar-refractivity contribution < 1.29 is 37.4 Å². The number of rotatable bonds is 10. The zero-order valence-corrected chi connectivity index (χ0v) is 21.1. The average Bonchev–Trinajstić information content (AvgIpc) is 3.05. The summed E-state index contributed by atoms with van der Waals surface area (Å²) in [5.41, 5.74) is -4.18. The lowest BCUT2D eigenvalue weighted by Crippen LogP contribution is -2.44. The number of carbonyl (C=O) groups is 1. The van der Waals surface area contributed by atoms with E-state index in [4.69, 9.17) is 24.9 Å². The fraction of sp³-hybridized carbons (Fsp3) is 0.435. The molecule has 1 aromatic carbocycles. The molecule has 1 aromatic heterocycles. The number of para-hydroxylation sites is 1. The summed E-state index contributed by atoms with van der Waals surface area (Å²) in [4.78, 5) is 37.8. The van der Waals surface area contributed by atoms with Gasteiger partial charge in [0, 0.05) is 12.3 Å². The van der Waals surface area contributed by atoms with Gasteiger partial charge in [0.25, 0.3) is 5.56 Å². The molecule has 3 N–H and O–H groups in total. The van der Waals surface area contributed by atoms with E-state index in [0.717, 1.165) is 23.8 Å². The Balaban J connectivity index is 1.83. The van der Waals surface area contributed by atoms with Gasteiger partial charge in [-0.2, -0.15) is 5.09 Å². The second kappa shape index (κ2) is 11.4. The SMILES string of the molecule is C#C[C@H](NP(=O)(OC[C@H]1O[C@@H](n2ccc(=O)[nH]c2=O)[C@](C)(F)[C@@H]1O)Oc1ccccc1)C(=O)OC(C)C. The van der Waals surface area contributed by atoms with E-state index in [1.807, 2.05) is 4.98 Å². The second-order valence-corrected chi connectivity index (χ2v) is 10.2. The van der Waals surface area contributed by atoms with Crippen LogP contribution in [-0.4, -0.2) is 57.3 Å². The van der Waals surface area contributed by atoms with Crippen molar-refractivity contribution >= 4 is 13.7 Å². The van der Waals surface area contributed by atoms with Crippen LogP contribution < -0.4 is 20.9 Å². The number of halogens is 1. The van der Waals surface area contributed by atoms with Crippen molar-refractivity contribution in [3.05, 3.63) is 63.4 Å². The molecule has 2 heterocycles. The predicted molar refractivity (Wildman–Crippen MR) is 128 cm³/mol. The van der Waals surface area contributed by atoms with Gasteiger partial charge in [0.1, 0.15) is 18.0 Å². The van der Waals surface area contributed by atoms with E-state index >= 15 is 4.39 Å². The maximum Gasteiger partial charge on any atom is 0.460 e. The first kappa shape index (κ1) is 28.3. The molecule has 6 atom stereocenters. The number of aliphatic hydroxyl groups is 1. The minimum Gasteiger partial charge on any atom is -0.461 e. The Hall–Kier alpha value is -3.27. The number of nitrogens with one attached hydrogen (secondary N) is 2. The van der Waals surface area contributed by atoms with Crippen molar-refractivity contribution in [1.82, 2.24) is 14.6 Å². The van der Waals surface area contributed by atoms with E-state index in [2.05, 4.69) is 11.0 Å². The lowest BCUT2D eigenvalue weighted by Gasteiger charge is -2.25. The standard InChI is InChI=1S/C23H27FN3O9P/c1-5-16(20(30)34-14(2)3)26-37(32,36-15-9-7-6-8-10-15)33-13-17-19(29)23(4,24)21(35-17)27-12-11-18(28)25-22(27)31/h1,6-12,14,16-17,19,21,29H,13H2,2-4H3,(H,26,32)(H,25,28,31)/t16-,17+,19+,21+,23+,37?/m0/s1. The number of terminal acetylenes is 1. The number of H-pyrrole nitrogens is 1. The Morgan fingerprint density at radius 1 is 1.35 bits per heavy atom. The molecule has 37 heavy (non-hydrogen) atoms. The molecule has 0 bridgehead atoms. The molecule has 1 aliphatic heterocycles. The van der Waals surface area contributed by atoms with Crippen LogP contribution in [0.15, 0.2) is 52.2 Å². The number of hydrogen-bond donors (Lipinski definition) is 3. The summed E-state index contributed by atoms with van der Waals surface area (Å²) in [7, 11) is -4.46. The van der Waals surface area contributed by atoms with Gasteiger partial charge in [-0.25, -0.2) is 18.5 Å². The molecular weight excluding hydrogens is 512 g/mol. The maximum absolute atomic E-state index is 15.5. The molecule has 2 aromatic rings. The van der Waals surface area contributed by atoms with E-state index in [0.29, 0.717) is 0 Å². The molecule has 1 aliphatic rings. The van der Waals surface area contributed by atoms with Crippen LogP contribution in [0.3, 0.4) is 0 Å². The lowest BCUT2D eigenvalue weighted by atomic mass is 9.98. The minimum absolute atomic E-state index is 0.0900. The Labute approximate surface area is 211 Å². The molecule has 12 nitrogen and oxygen atoms in total. The van der Waals surface area contributed by atoms with E-state index in [9.17, 15) is 24.1 Å². The fourth-order valence-corrected chi connectivity index (χ4v) is 4.88. The molecule has 1 fully saturated rings. The number of aromatic nitrogens is 2. The minimum atomic E-state index is -4.46. The quantitative estimate of drug-likeness (QED) is 0.228. The largest absolute Gasteiger partial charge is 0.461 e. The Morgan fingerprint density at radius 3 is 2.62 bits per heavy atom. The van der Waals surface area contributed by atoms with E-state index in [-0.39, 0.29) is 5.75 Å². The molecule has 0 spiro atoms. The average molecular weight is 539 g/mol. The summed E-state index contributed by atoms with van der Waals surface area (Å²) in [6.45, 7) is 3.48. The van der Waals surface area contributed by atoms with Gasteiger partial charge in [-0.15, -0.1) is 6.42 Å². The van der Waals surface area contributed by atoms with Crippen molar-refractivity contribution in [2.45, 2.75) is 57.0 Å². The number of aliphatic hydroxyl groups excluding tert-OH is 1. The van der Waals surface area contributed by atoms with Gasteiger partial charge in [-0.1, -0.05) is 24.1 Å². The Bertz CT molecular complexity index is 1300. The number of alkyl halides is 1. The van der Waals surface area contributed by atoms with Gasteiger partial charge in [-0.3, -0.25) is 18.9 Å². The monoisotopic (exact) mass is 539 g/mol. The third-order valence-electron chi connectivity index (χ3n) is 5.24. The van der Waals surface area contributed by atoms with Crippen LogP contribution in [0.2, 0.25) is 0 Å². The maximum atomic E-state index is 15.5. The predicted octanol–water partition coefficient (Wildman–Crippen LogP) is 1.27. The molecule has 0 saturated carbocycles. The lowest BCUT2D eigenvalue weighted by molar-refractivity contribution is -0.148. The summed E-state index contributed by atoms with van der Waals surface area (Å²) in [6.07, 6.45) is 0.971. The summed E-state index contributed by atoms with van der Waals surface area (Å²) < 4.78 is 51.3. The van der Waals surface area contributed by atoms with E-state index < -0.39 is 67.8 Å². The normalized spacial score (nSPS) is 25.7. The fourth-order valence-electron chi connectivity index (χ4n) is 3.46.